The van der Waals surface area contributed by atoms with Gasteiger partial charge in [-0.05, 0) is 49.2 Å². The lowest BCUT2D eigenvalue weighted by Crippen LogP contribution is -2.16. The fourth-order valence-electron chi connectivity index (χ4n) is 2.14. The molecular weight excluding hydrogens is 302 g/mol. The van der Waals surface area contributed by atoms with Crippen molar-refractivity contribution in [1.29, 1.82) is 0 Å². The number of rotatable bonds is 3. The van der Waals surface area contributed by atoms with E-state index in [1.807, 2.05) is 32.2 Å². The molecule has 0 atom stereocenters. The summed E-state index contributed by atoms with van der Waals surface area (Å²) in [5.74, 6) is 0.378. The van der Waals surface area contributed by atoms with Gasteiger partial charge in [-0.1, -0.05) is 28.1 Å². The van der Waals surface area contributed by atoms with Crippen LogP contribution < -0.4 is 4.90 Å². The quantitative estimate of drug-likeness (QED) is 0.905. The molecule has 0 aliphatic rings. The van der Waals surface area contributed by atoms with Crippen LogP contribution in [0.15, 0.2) is 40.9 Å². The van der Waals surface area contributed by atoms with Crippen molar-refractivity contribution in [2.75, 3.05) is 11.9 Å². The lowest BCUT2D eigenvalue weighted by molar-refractivity contribution is 0.463. The van der Waals surface area contributed by atoms with Crippen LogP contribution in [0.1, 0.15) is 16.7 Å². The van der Waals surface area contributed by atoms with Crippen LogP contribution in [0.5, 0.6) is 5.75 Å². The van der Waals surface area contributed by atoms with Crippen molar-refractivity contribution in [1.82, 2.24) is 0 Å². The first kappa shape index (κ1) is 13.9. The second-order valence-electron chi connectivity index (χ2n) is 4.93. The summed E-state index contributed by atoms with van der Waals surface area (Å²) in [5.41, 5.74) is 4.20. The maximum Gasteiger partial charge on any atom is 0.123 e. The smallest absolute Gasteiger partial charge is 0.123 e. The van der Waals surface area contributed by atoms with Crippen LogP contribution in [0, 0.1) is 13.8 Å². The highest BCUT2D eigenvalue weighted by molar-refractivity contribution is 9.10. The van der Waals surface area contributed by atoms with E-state index in [9.17, 15) is 5.11 Å². The molecule has 0 spiro atoms. The molecule has 0 aliphatic carbocycles. The van der Waals surface area contributed by atoms with E-state index in [0.29, 0.717) is 12.3 Å². The zero-order valence-corrected chi connectivity index (χ0v) is 13.0. The lowest BCUT2D eigenvalue weighted by atomic mass is 10.1. The zero-order valence-electron chi connectivity index (χ0n) is 11.4. The van der Waals surface area contributed by atoms with E-state index in [2.05, 4.69) is 46.0 Å². The molecule has 0 radical (unpaired) electrons. The van der Waals surface area contributed by atoms with Gasteiger partial charge in [-0.25, -0.2) is 0 Å². The summed E-state index contributed by atoms with van der Waals surface area (Å²) in [7, 11) is 2.03. The number of halogens is 1. The SMILES string of the molecule is Cc1cccc(N(C)Cc2cc(Br)cc(C)c2O)c1. The van der Waals surface area contributed by atoms with Crippen molar-refractivity contribution in [2.45, 2.75) is 20.4 Å². The van der Waals surface area contributed by atoms with Crippen molar-refractivity contribution in [3.63, 3.8) is 0 Å². The monoisotopic (exact) mass is 319 g/mol. The number of aryl methyl sites for hydroxylation is 2. The predicted octanol–water partition coefficient (Wildman–Crippen LogP) is 4.41. The van der Waals surface area contributed by atoms with Crippen LogP contribution in [0.3, 0.4) is 0 Å². The second-order valence-corrected chi connectivity index (χ2v) is 5.84. The number of hydrogen-bond donors (Lipinski definition) is 1. The van der Waals surface area contributed by atoms with E-state index in [0.717, 1.165) is 21.3 Å². The van der Waals surface area contributed by atoms with Gasteiger partial charge in [-0.3, -0.25) is 0 Å². The summed E-state index contributed by atoms with van der Waals surface area (Å²) in [5, 5.41) is 10.1. The minimum atomic E-state index is 0.378. The van der Waals surface area contributed by atoms with Crippen LogP contribution in [0.4, 0.5) is 5.69 Å². The maximum atomic E-state index is 10.1. The van der Waals surface area contributed by atoms with Gasteiger partial charge in [0.15, 0.2) is 0 Å². The van der Waals surface area contributed by atoms with Crippen molar-refractivity contribution in [3.8, 4) is 5.75 Å². The molecule has 0 bridgehead atoms. The molecule has 0 saturated heterocycles. The van der Waals surface area contributed by atoms with Gasteiger partial charge in [0.1, 0.15) is 5.75 Å². The van der Waals surface area contributed by atoms with E-state index in [1.54, 1.807) is 0 Å². The molecule has 0 saturated carbocycles. The highest BCUT2D eigenvalue weighted by atomic mass is 79.9. The Bertz CT molecular complexity index is 595. The summed E-state index contributed by atoms with van der Waals surface area (Å²) in [6, 6.07) is 12.2. The van der Waals surface area contributed by atoms with Crippen LogP contribution >= 0.6 is 15.9 Å². The summed E-state index contributed by atoms with van der Waals surface area (Å²) in [6.07, 6.45) is 0. The molecule has 2 aromatic rings. The fraction of sp³-hybridized carbons (Fsp3) is 0.250. The molecule has 0 aromatic heterocycles. The third-order valence-corrected chi connectivity index (χ3v) is 3.65. The van der Waals surface area contributed by atoms with Gasteiger partial charge in [-0.15, -0.1) is 0 Å². The normalized spacial score (nSPS) is 10.5. The Hall–Kier alpha value is -1.48. The van der Waals surface area contributed by atoms with E-state index in [-0.39, 0.29) is 0 Å². The molecule has 2 nitrogen and oxygen atoms in total. The Morgan fingerprint density at radius 2 is 1.89 bits per heavy atom. The Labute approximate surface area is 122 Å². The molecular formula is C16H18BrNO. The first-order chi connectivity index (χ1) is 8.97. The lowest BCUT2D eigenvalue weighted by Gasteiger charge is -2.21. The second kappa shape index (κ2) is 5.66. The third kappa shape index (κ3) is 3.29. The Balaban J connectivity index is 2.26. The summed E-state index contributed by atoms with van der Waals surface area (Å²) in [4.78, 5) is 2.13. The minimum absolute atomic E-state index is 0.378. The maximum absolute atomic E-state index is 10.1. The number of nitrogens with zero attached hydrogens (tertiary/aromatic N) is 1. The van der Waals surface area contributed by atoms with Gasteiger partial charge in [0.05, 0.1) is 0 Å². The Kier molecular flexibility index (Phi) is 4.15. The van der Waals surface area contributed by atoms with Gasteiger partial charge in [-0.2, -0.15) is 0 Å². The highest BCUT2D eigenvalue weighted by Gasteiger charge is 2.09. The fourth-order valence-corrected chi connectivity index (χ4v) is 2.76. The van der Waals surface area contributed by atoms with Gasteiger partial charge in [0.25, 0.3) is 0 Å². The van der Waals surface area contributed by atoms with Crippen LogP contribution in [0.25, 0.3) is 0 Å². The number of phenols is 1. The number of benzene rings is 2. The zero-order chi connectivity index (χ0) is 14.0. The van der Waals surface area contributed by atoms with Crippen molar-refractivity contribution in [2.24, 2.45) is 0 Å². The summed E-state index contributed by atoms with van der Waals surface area (Å²) >= 11 is 3.48. The molecule has 0 heterocycles. The molecule has 2 rings (SSSR count). The molecule has 2 aromatic carbocycles. The van der Waals surface area contributed by atoms with E-state index < -0.39 is 0 Å². The molecule has 0 aliphatic heterocycles. The molecule has 0 fully saturated rings. The predicted molar refractivity (Wildman–Crippen MR) is 83.8 cm³/mol. The molecule has 19 heavy (non-hydrogen) atoms. The van der Waals surface area contributed by atoms with E-state index in [1.165, 1.54) is 5.56 Å². The topological polar surface area (TPSA) is 23.5 Å². The summed E-state index contributed by atoms with van der Waals surface area (Å²) < 4.78 is 0.996. The highest BCUT2D eigenvalue weighted by Crippen LogP contribution is 2.28. The van der Waals surface area contributed by atoms with Crippen molar-refractivity contribution in [3.05, 3.63) is 57.6 Å². The van der Waals surface area contributed by atoms with Gasteiger partial charge in [0.2, 0.25) is 0 Å². The minimum Gasteiger partial charge on any atom is -0.507 e. The number of aromatic hydroxyl groups is 1. The van der Waals surface area contributed by atoms with E-state index >= 15 is 0 Å². The average Bonchev–Trinajstić information content (AvgIpc) is 2.35. The van der Waals surface area contributed by atoms with Crippen LogP contribution in [-0.2, 0) is 6.54 Å². The largest absolute Gasteiger partial charge is 0.507 e. The third-order valence-electron chi connectivity index (χ3n) is 3.19. The average molecular weight is 320 g/mol. The number of anilines is 1. The molecule has 1 N–H and O–H groups in total. The van der Waals surface area contributed by atoms with Gasteiger partial charge < -0.3 is 10.0 Å². The number of phenolic OH excluding ortho intramolecular Hbond substituents is 1. The molecule has 0 unspecified atom stereocenters. The molecule has 0 amide bonds. The molecule has 3 heteroatoms. The van der Waals surface area contributed by atoms with Crippen molar-refractivity contribution < 1.29 is 5.11 Å². The van der Waals surface area contributed by atoms with Crippen molar-refractivity contribution >= 4 is 21.6 Å². The Morgan fingerprint density at radius 3 is 2.58 bits per heavy atom. The Morgan fingerprint density at radius 1 is 1.16 bits per heavy atom. The first-order valence-electron chi connectivity index (χ1n) is 6.23. The first-order valence-corrected chi connectivity index (χ1v) is 7.02. The molecule has 100 valence electrons. The summed E-state index contributed by atoms with van der Waals surface area (Å²) in [6.45, 7) is 4.67. The van der Waals surface area contributed by atoms with Crippen LogP contribution in [-0.4, -0.2) is 12.2 Å². The standard InChI is InChI=1S/C16H18BrNO/c1-11-5-4-6-15(7-11)18(3)10-13-9-14(17)8-12(2)16(13)19/h4-9,19H,10H2,1-3H3. The van der Waals surface area contributed by atoms with Gasteiger partial charge in [0, 0.05) is 29.3 Å². The van der Waals surface area contributed by atoms with Crippen LogP contribution in [0.2, 0.25) is 0 Å². The van der Waals surface area contributed by atoms with E-state index in [4.69, 9.17) is 0 Å². The van der Waals surface area contributed by atoms with Gasteiger partial charge >= 0.3 is 0 Å². The number of hydrogen-bond acceptors (Lipinski definition) is 2.